The average molecular weight is 398 g/mol. The fourth-order valence-corrected chi connectivity index (χ4v) is 4.75. The van der Waals surface area contributed by atoms with E-state index in [1.807, 2.05) is 25.1 Å². The number of anilines is 1. The van der Waals surface area contributed by atoms with Gasteiger partial charge >= 0.3 is 0 Å². The maximum atomic E-state index is 12.8. The Hall–Kier alpha value is -2.69. The van der Waals surface area contributed by atoms with Gasteiger partial charge in [-0.2, -0.15) is 9.57 Å². The fourth-order valence-electron chi connectivity index (χ4n) is 3.28. The Morgan fingerprint density at radius 3 is 2.25 bits per heavy atom. The first-order valence-corrected chi connectivity index (χ1v) is 10.8. The fraction of sp³-hybridized carbons (Fsp3) is 0.333. The number of benzene rings is 2. The summed E-state index contributed by atoms with van der Waals surface area (Å²) >= 11 is 0. The highest BCUT2D eigenvalue weighted by Crippen LogP contribution is 2.25. The smallest absolute Gasteiger partial charge is 0.243 e. The van der Waals surface area contributed by atoms with Crippen molar-refractivity contribution in [3.8, 4) is 6.07 Å². The Balaban J connectivity index is 1.59. The Kier molecular flexibility index (Phi) is 6.12. The van der Waals surface area contributed by atoms with Gasteiger partial charge in [0.15, 0.2) is 0 Å². The van der Waals surface area contributed by atoms with Gasteiger partial charge in [0.25, 0.3) is 0 Å². The van der Waals surface area contributed by atoms with Crippen LogP contribution in [0.5, 0.6) is 0 Å². The standard InChI is InChI=1S/C21H23N3O3S/c1-2-16-5-9-20(10-6-16)28(26,27)24-13-11-18(12-14-24)21(25)23-19-7-3-17(15-22)4-8-19/h3-10,18H,2,11-14H2,1H3,(H,23,25). The number of carbonyl (C=O) groups excluding carboxylic acids is 1. The Labute approximate surface area is 165 Å². The Bertz CT molecular complexity index is 969. The highest BCUT2D eigenvalue weighted by molar-refractivity contribution is 7.89. The van der Waals surface area contributed by atoms with E-state index in [4.69, 9.17) is 5.26 Å². The molecule has 0 spiro atoms. The number of hydrogen-bond acceptors (Lipinski definition) is 4. The third-order valence-corrected chi connectivity index (χ3v) is 6.99. The Morgan fingerprint density at radius 1 is 1.11 bits per heavy atom. The largest absolute Gasteiger partial charge is 0.326 e. The van der Waals surface area contributed by atoms with E-state index in [-0.39, 0.29) is 11.8 Å². The minimum atomic E-state index is -3.53. The van der Waals surface area contributed by atoms with Crippen LogP contribution in [0.25, 0.3) is 0 Å². The second-order valence-electron chi connectivity index (χ2n) is 6.85. The first-order chi connectivity index (χ1) is 13.4. The minimum absolute atomic E-state index is 0.117. The third kappa shape index (κ3) is 4.41. The van der Waals surface area contributed by atoms with Crippen molar-refractivity contribution in [3.05, 3.63) is 59.7 Å². The average Bonchev–Trinajstić information content (AvgIpc) is 2.74. The molecule has 146 valence electrons. The molecule has 6 nitrogen and oxygen atoms in total. The summed E-state index contributed by atoms with van der Waals surface area (Å²) in [7, 11) is -3.53. The molecule has 1 fully saturated rings. The monoisotopic (exact) mass is 397 g/mol. The van der Waals surface area contributed by atoms with Crippen LogP contribution in [0.3, 0.4) is 0 Å². The molecule has 0 aromatic heterocycles. The van der Waals surface area contributed by atoms with Crippen molar-refractivity contribution in [2.45, 2.75) is 31.1 Å². The second kappa shape index (κ2) is 8.55. The molecular formula is C21H23N3O3S. The molecule has 1 aliphatic rings. The first-order valence-electron chi connectivity index (χ1n) is 9.34. The summed E-state index contributed by atoms with van der Waals surface area (Å²) in [5.41, 5.74) is 2.26. The molecule has 28 heavy (non-hydrogen) atoms. The lowest BCUT2D eigenvalue weighted by Crippen LogP contribution is -2.41. The first kappa shape index (κ1) is 20.1. The predicted octanol–water partition coefficient (Wildman–Crippen LogP) is 3.16. The van der Waals surface area contributed by atoms with E-state index in [1.165, 1.54) is 4.31 Å². The number of carbonyl (C=O) groups is 1. The van der Waals surface area contributed by atoms with Gasteiger partial charge in [0.2, 0.25) is 15.9 Å². The summed E-state index contributed by atoms with van der Waals surface area (Å²) in [4.78, 5) is 12.8. The quantitative estimate of drug-likeness (QED) is 0.839. The molecule has 2 aromatic rings. The summed E-state index contributed by atoms with van der Waals surface area (Å²) in [5, 5.41) is 11.7. The summed E-state index contributed by atoms with van der Waals surface area (Å²) in [5.74, 6) is -0.349. The lowest BCUT2D eigenvalue weighted by Gasteiger charge is -2.30. The van der Waals surface area contributed by atoms with Gasteiger partial charge in [-0.05, 0) is 61.2 Å². The molecular weight excluding hydrogens is 374 g/mol. The highest BCUT2D eigenvalue weighted by Gasteiger charge is 2.32. The van der Waals surface area contributed by atoms with Crippen molar-refractivity contribution in [1.29, 1.82) is 5.26 Å². The van der Waals surface area contributed by atoms with Crippen molar-refractivity contribution >= 4 is 21.6 Å². The van der Waals surface area contributed by atoms with E-state index in [0.717, 1.165) is 12.0 Å². The number of piperidine rings is 1. The highest BCUT2D eigenvalue weighted by atomic mass is 32.2. The van der Waals surface area contributed by atoms with Gasteiger partial charge in [0.1, 0.15) is 0 Å². The molecule has 0 bridgehead atoms. The van der Waals surface area contributed by atoms with Gasteiger partial charge in [-0.3, -0.25) is 4.79 Å². The Morgan fingerprint density at radius 2 is 1.71 bits per heavy atom. The SMILES string of the molecule is CCc1ccc(S(=O)(=O)N2CCC(C(=O)Nc3ccc(C#N)cc3)CC2)cc1. The molecule has 0 unspecified atom stereocenters. The van der Waals surface area contributed by atoms with Crippen LogP contribution in [0.15, 0.2) is 53.4 Å². The van der Waals surface area contributed by atoms with Crippen LogP contribution in [0.4, 0.5) is 5.69 Å². The van der Waals surface area contributed by atoms with Gasteiger partial charge < -0.3 is 5.32 Å². The molecule has 0 saturated carbocycles. The summed E-state index contributed by atoms with van der Waals surface area (Å²) < 4.78 is 27.1. The maximum absolute atomic E-state index is 12.8. The van der Waals surface area contributed by atoms with Crippen molar-refractivity contribution in [1.82, 2.24) is 4.31 Å². The van der Waals surface area contributed by atoms with E-state index in [0.29, 0.717) is 42.1 Å². The van der Waals surface area contributed by atoms with Crippen molar-refractivity contribution in [2.24, 2.45) is 5.92 Å². The second-order valence-corrected chi connectivity index (χ2v) is 8.79. The topological polar surface area (TPSA) is 90.3 Å². The molecule has 3 rings (SSSR count). The van der Waals surface area contributed by atoms with Crippen molar-refractivity contribution in [3.63, 3.8) is 0 Å². The van der Waals surface area contributed by atoms with Gasteiger partial charge in [-0.1, -0.05) is 19.1 Å². The lowest BCUT2D eigenvalue weighted by molar-refractivity contribution is -0.120. The van der Waals surface area contributed by atoms with E-state index in [1.54, 1.807) is 36.4 Å². The van der Waals surface area contributed by atoms with Crippen LogP contribution in [-0.4, -0.2) is 31.7 Å². The van der Waals surface area contributed by atoms with Crippen LogP contribution < -0.4 is 5.32 Å². The van der Waals surface area contributed by atoms with Crippen molar-refractivity contribution in [2.75, 3.05) is 18.4 Å². The zero-order valence-corrected chi connectivity index (χ0v) is 16.6. The normalized spacial score (nSPS) is 15.7. The molecule has 1 aliphatic heterocycles. The maximum Gasteiger partial charge on any atom is 0.243 e. The number of nitrogens with zero attached hydrogens (tertiary/aromatic N) is 2. The van der Waals surface area contributed by atoms with Gasteiger partial charge in [-0.25, -0.2) is 8.42 Å². The molecule has 0 atom stereocenters. The number of nitriles is 1. The van der Waals surface area contributed by atoms with E-state index in [9.17, 15) is 13.2 Å². The lowest BCUT2D eigenvalue weighted by atomic mass is 9.97. The molecule has 7 heteroatoms. The molecule has 0 aliphatic carbocycles. The third-order valence-electron chi connectivity index (χ3n) is 5.08. The number of sulfonamides is 1. The summed E-state index contributed by atoms with van der Waals surface area (Å²) in [6, 6.07) is 15.7. The number of amides is 1. The number of rotatable bonds is 5. The zero-order valence-electron chi connectivity index (χ0n) is 15.8. The minimum Gasteiger partial charge on any atom is -0.326 e. The van der Waals surface area contributed by atoms with Crippen LogP contribution in [0, 0.1) is 17.2 Å². The number of hydrogen-bond donors (Lipinski definition) is 1. The van der Waals surface area contributed by atoms with Gasteiger partial charge in [0.05, 0.1) is 16.5 Å². The van der Waals surface area contributed by atoms with Gasteiger partial charge in [0, 0.05) is 24.7 Å². The number of nitrogens with one attached hydrogen (secondary N) is 1. The van der Waals surface area contributed by atoms with Crippen LogP contribution in [0.1, 0.15) is 30.9 Å². The van der Waals surface area contributed by atoms with E-state index in [2.05, 4.69) is 5.32 Å². The molecule has 0 radical (unpaired) electrons. The van der Waals surface area contributed by atoms with E-state index < -0.39 is 10.0 Å². The molecule has 1 heterocycles. The van der Waals surface area contributed by atoms with Crippen LogP contribution in [-0.2, 0) is 21.2 Å². The van der Waals surface area contributed by atoms with Crippen LogP contribution in [0.2, 0.25) is 0 Å². The summed E-state index contributed by atoms with van der Waals surface area (Å²) in [6.45, 7) is 2.67. The predicted molar refractivity (Wildman–Crippen MR) is 107 cm³/mol. The molecule has 1 saturated heterocycles. The molecule has 1 N–H and O–H groups in total. The molecule has 2 aromatic carbocycles. The van der Waals surface area contributed by atoms with E-state index >= 15 is 0 Å². The van der Waals surface area contributed by atoms with Crippen molar-refractivity contribution < 1.29 is 13.2 Å². The molecule has 1 amide bonds. The zero-order chi connectivity index (χ0) is 20.1. The summed E-state index contributed by atoms with van der Waals surface area (Å²) in [6.07, 6.45) is 1.82. The van der Waals surface area contributed by atoms with Crippen LogP contribution >= 0.6 is 0 Å². The number of aryl methyl sites for hydroxylation is 1. The van der Waals surface area contributed by atoms with Gasteiger partial charge in [-0.15, -0.1) is 0 Å².